The van der Waals surface area contributed by atoms with E-state index < -0.39 is 0 Å². The molecule has 0 saturated heterocycles. The van der Waals surface area contributed by atoms with Crippen molar-refractivity contribution in [2.75, 3.05) is 6.54 Å². The number of amides is 1. The van der Waals surface area contributed by atoms with Gasteiger partial charge in [0.2, 0.25) is 5.91 Å². The van der Waals surface area contributed by atoms with Crippen molar-refractivity contribution in [2.24, 2.45) is 5.73 Å². The van der Waals surface area contributed by atoms with Crippen LogP contribution >= 0.6 is 11.3 Å². The first kappa shape index (κ1) is 12.7. The third-order valence-electron chi connectivity index (χ3n) is 2.30. The topological polar surface area (TPSA) is 80.9 Å². The van der Waals surface area contributed by atoms with Gasteiger partial charge in [-0.15, -0.1) is 10.2 Å². The van der Waals surface area contributed by atoms with Crippen molar-refractivity contribution in [3.8, 4) is 10.6 Å². The Balaban J connectivity index is 1.97. The first-order valence-electron chi connectivity index (χ1n) is 5.64. The zero-order valence-corrected chi connectivity index (χ0v) is 10.6. The summed E-state index contributed by atoms with van der Waals surface area (Å²) in [7, 11) is 0. The summed E-state index contributed by atoms with van der Waals surface area (Å²) in [5, 5.41) is 12.6. The van der Waals surface area contributed by atoms with Crippen LogP contribution in [0.15, 0.2) is 30.3 Å². The SMILES string of the molecule is NCCC(=O)NCc1nnc(-c2ccccc2)s1. The molecule has 5 nitrogen and oxygen atoms in total. The molecule has 1 aromatic carbocycles. The average Bonchev–Trinajstić information content (AvgIpc) is 2.87. The van der Waals surface area contributed by atoms with Crippen molar-refractivity contribution in [2.45, 2.75) is 13.0 Å². The van der Waals surface area contributed by atoms with E-state index in [4.69, 9.17) is 5.73 Å². The molecule has 2 rings (SSSR count). The Bertz CT molecular complexity index is 512. The fourth-order valence-corrected chi connectivity index (χ4v) is 2.20. The molecule has 1 aromatic heterocycles. The van der Waals surface area contributed by atoms with Crippen molar-refractivity contribution in [3.63, 3.8) is 0 Å². The predicted molar refractivity (Wildman–Crippen MR) is 70.9 cm³/mol. The number of nitrogens with one attached hydrogen (secondary N) is 1. The molecule has 0 aliphatic heterocycles. The maximum atomic E-state index is 11.3. The summed E-state index contributed by atoms with van der Waals surface area (Å²) in [5.41, 5.74) is 6.33. The molecule has 0 aliphatic rings. The van der Waals surface area contributed by atoms with Crippen LogP contribution in [0.25, 0.3) is 10.6 Å². The number of rotatable bonds is 5. The van der Waals surface area contributed by atoms with Crippen molar-refractivity contribution < 1.29 is 4.79 Å². The molecule has 0 spiro atoms. The van der Waals surface area contributed by atoms with Crippen LogP contribution < -0.4 is 11.1 Å². The van der Waals surface area contributed by atoms with Gasteiger partial charge in [0.25, 0.3) is 0 Å². The molecule has 0 bridgehead atoms. The zero-order chi connectivity index (χ0) is 12.8. The van der Waals surface area contributed by atoms with Crippen LogP contribution in [0.2, 0.25) is 0 Å². The van der Waals surface area contributed by atoms with Gasteiger partial charge < -0.3 is 11.1 Å². The van der Waals surface area contributed by atoms with Crippen LogP contribution in [0.4, 0.5) is 0 Å². The number of nitrogens with zero attached hydrogens (tertiary/aromatic N) is 2. The standard InChI is InChI=1S/C12H14N4OS/c13-7-6-10(17)14-8-11-15-16-12(18-11)9-4-2-1-3-5-9/h1-5H,6-8,13H2,(H,14,17). The van der Waals surface area contributed by atoms with Gasteiger partial charge in [0.15, 0.2) is 0 Å². The van der Waals surface area contributed by atoms with Crippen molar-refractivity contribution in [1.29, 1.82) is 0 Å². The van der Waals surface area contributed by atoms with Gasteiger partial charge >= 0.3 is 0 Å². The largest absolute Gasteiger partial charge is 0.349 e. The monoisotopic (exact) mass is 262 g/mol. The Labute approximate surface area is 109 Å². The molecule has 0 unspecified atom stereocenters. The van der Waals surface area contributed by atoms with Crippen LogP contribution in [-0.2, 0) is 11.3 Å². The lowest BCUT2D eigenvalue weighted by Crippen LogP contribution is -2.24. The second-order valence-corrected chi connectivity index (χ2v) is 4.74. The zero-order valence-electron chi connectivity index (χ0n) is 9.80. The highest BCUT2D eigenvalue weighted by Gasteiger charge is 2.07. The number of hydrogen-bond acceptors (Lipinski definition) is 5. The minimum atomic E-state index is -0.0611. The number of carbonyl (C=O) groups is 1. The maximum Gasteiger partial charge on any atom is 0.221 e. The summed E-state index contributed by atoms with van der Waals surface area (Å²) in [6.45, 7) is 0.764. The third-order valence-corrected chi connectivity index (χ3v) is 3.27. The van der Waals surface area contributed by atoms with Crippen molar-refractivity contribution >= 4 is 17.2 Å². The van der Waals surface area contributed by atoms with Crippen LogP contribution in [0.5, 0.6) is 0 Å². The van der Waals surface area contributed by atoms with Gasteiger partial charge in [-0.3, -0.25) is 4.79 Å². The van der Waals surface area contributed by atoms with Gasteiger partial charge in [-0.25, -0.2) is 0 Å². The van der Waals surface area contributed by atoms with Gasteiger partial charge in [-0.05, 0) is 0 Å². The van der Waals surface area contributed by atoms with E-state index in [1.54, 1.807) is 0 Å². The highest BCUT2D eigenvalue weighted by atomic mass is 32.1. The molecule has 1 heterocycles. The van der Waals surface area contributed by atoms with E-state index >= 15 is 0 Å². The number of aromatic nitrogens is 2. The Kier molecular flexibility index (Phi) is 4.38. The van der Waals surface area contributed by atoms with Gasteiger partial charge in [-0.1, -0.05) is 41.7 Å². The highest BCUT2D eigenvalue weighted by Crippen LogP contribution is 2.22. The summed E-state index contributed by atoms with van der Waals surface area (Å²) in [6.07, 6.45) is 0.338. The lowest BCUT2D eigenvalue weighted by Gasteiger charge is -1.99. The minimum Gasteiger partial charge on any atom is -0.349 e. The number of hydrogen-bond donors (Lipinski definition) is 2. The molecule has 0 fully saturated rings. The normalized spacial score (nSPS) is 10.3. The van der Waals surface area contributed by atoms with E-state index in [0.29, 0.717) is 19.5 Å². The highest BCUT2D eigenvalue weighted by molar-refractivity contribution is 7.14. The second kappa shape index (κ2) is 6.23. The van der Waals surface area contributed by atoms with E-state index in [-0.39, 0.29) is 5.91 Å². The van der Waals surface area contributed by atoms with E-state index in [1.807, 2.05) is 30.3 Å². The lowest BCUT2D eigenvalue weighted by atomic mass is 10.2. The van der Waals surface area contributed by atoms with Gasteiger partial charge in [-0.2, -0.15) is 0 Å². The average molecular weight is 262 g/mol. The molecular weight excluding hydrogens is 248 g/mol. The smallest absolute Gasteiger partial charge is 0.221 e. The summed E-state index contributed by atoms with van der Waals surface area (Å²) >= 11 is 1.48. The van der Waals surface area contributed by atoms with E-state index in [2.05, 4.69) is 15.5 Å². The Morgan fingerprint density at radius 3 is 2.78 bits per heavy atom. The van der Waals surface area contributed by atoms with Crippen LogP contribution in [0.1, 0.15) is 11.4 Å². The molecule has 18 heavy (non-hydrogen) atoms. The van der Waals surface area contributed by atoms with Crippen LogP contribution in [0, 0.1) is 0 Å². The summed E-state index contributed by atoms with van der Waals surface area (Å²) < 4.78 is 0. The molecule has 2 aromatic rings. The molecule has 1 amide bonds. The Morgan fingerprint density at radius 2 is 2.06 bits per heavy atom. The van der Waals surface area contributed by atoms with Crippen LogP contribution in [0.3, 0.4) is 0 Å². The molecule has 0 saturated carbocycles. The Morgan fingerprint density at radius 1 is 1.28 bits per heavy atom. The number of benzene rings is 1. The number of nitrogens with two attached hydrogens (primary N) is 1. The van der Waals surface area contributed by atoms with E-state index in [1.165, 1.54) is 11.3 Å². The molecule has 0 aliphatic carbocycles. The first-order valence-corrected chi connectivity index (χ1v) is 6.46. The van der Waals surface area contributed by atoms with E-state index in [0.717, 1.165) is 15.6 Å². The fraction of sp³-hybridized carbons (Fsp3) is 0.250. The van der Waals surface area contributed by atoms with Gasteiger partial charge in [0.1, 0.15) is 10.0 Å². The molecule has 6 heteroatoms. The molecule has 0 atom stereocenters. The van der Waals surface area contributed by atoms with Crippen molar-refractivity contribution in [1.82, 2.24) is 15.5 Å². The summed E-state index contributed by atoms with van der Waals surface area (Å²) in [5.74, 6) is -0.0611. The molecule has 3 N–H and O–H groups in total. The van der Waals surface area contributed by atoms with Crippen LogP contribution in [-0.4, -0.2) is 22.6 Å². The van der Waals surface area contributed by atoms with Gasteiger partial charge in [0.05, 0.1) is 6.54 Å². The first-order chi connectivity index (χ1) is 8.79. The summed E-state index contributed by atoms with van der Waals surface area (Å²) in [4.78, 5) is 11.3. The molecular formula is C12H14N4OS. The number of carbonyl (C=O) groups excluding carboxylic acids is 1. The summed E-state index contributed by atoms with van der Waals surface area (Å²) in [6, 6.07) is 9.84. The predicted octanol–water partition coefficient (Wildman–Crippen LogP) is 1.17. The van der Waals surface area contributed by atoms with Crippen molar-refractivity contribution in [3.05, 3.63) is 35.3 Å². The third kappa shape index (κ3) is 3.35. The second-order valence-electron chi connectivity index (χ2n) is 3.68. The fourth-order valence-electron chi connectivity index (χ4n) is 1.42. The van der Waals surface area contributed by atoms with Gasteiger partial charge in [0, 0.05) is 18.5 Å². The minimum absolute atomic E-state index is 0.0611. The quantitative estimate of drug-likeness (QED) is 0.847. The van der Waals surface area contributed by atoms with E-state index in [9.17, 15) is 4.79 Å². The maximum absolute atomic E-state index is 11.3. The lowest BCUT2D eigenvalue weighted by molar-refractivity contribution is -0.121. The molecule has 0 radical (unpaired) electrons. The Hall–Kier alpha value is -1.79. The molecule has 94 valence electrons.